The van der Waals surface area contributed by atoms with Gasteiger partial charge in [-0.15, -0.1) is 0 Å². The maximum atomic E-state index is 12.1. The molecule has 1 aliphatic rings. The van der Waals surface area contributed by atoms with Crippen molar-refractivity contribution in [3.63, 3.8) is 0 Å². The molecule has 6 nitrogen and oxygen atoms in total. The lowest BCUT2D eigenvalue weighted by Gasteiger charge is -2.41. The summed E-state index contributed by atoms with van der Waals surface area (Å²) in [5.74, 6) is -0.758. The topological polar surface area (TPSA) is 75.6 Å². The van der Waals surface area contributed by atoms with E-state index < -0.39 is 5.97 Å². The van der Waals surface area contributed by atoms with E-state index in [9.17, 15) is 9.59 Å². The van der Waals surface area contributed by atoms with Crippen LogP contribution < -0.4 is 5.32 Å². The predicted molar refractivity (Wildman–Crippen MR) is 117 cm³/mol. The Morgan fingerprint density at radius 3 is 1.97 bits per heavy atom. The summed E-state index contributed by atoms with van der Waals surface area (Å²) in [6.07, 6.45) is 14.2. The number of rotatable bonds is 16. The molecule has 0 unspecified atom stereocenters. The molecule has 0 aliphatic carbocycles. The van der Waals surface area contributed by atoms with Crippen LogP contribution in [0.1, 0.15) is 90.4 Å². The molecule has 2 N–H and O–H groups in total. The summed E-state index contributed by atoms with van der Waals surface area (Å²) in [5.41, 5.74) is 0. The Labute approximate surface area is 178 Å². The van der Waals surface area contributed by atoms with Gasteiger partial charge in [-0.2, -0.15) is 0 Å². The molecule has 1 rings (SSSR count). The fourth-order valence-corrected chi connectivity index (χ4v) is 4.22. The molecule has 6 heteroatoms. The Morgan fingerprint density at radius 1 is 0.897 bits per heavy atom. The lowest BCUT2D eigenvalue weighted by atomic mass is 10.1. The molecule has 1 heterocycles. The van der Waals surface area contributed by atoms with Crippen molar-refractivity contribution in [2.75, 3.05) is 33.7 Å². The minimum absolute atomic E-state index is 0.0187. The van der Waals surface area contributed by atoms with Crippen LogP contribution in [-0.4, -0.2) is 67.4 Å². The maximum absolute atomic E-state index is 12.1. The molecule has 170 valence electrons. The van der Waals surface area contributed by atoms with Crippen molar-refractivity contribution in [3.8, 4) is 0 Å². The second-order valence-electron chi connectivity index (χ2n) is 9.37. The lowest BCUT2D eigenvalue weighted by Crippen LogP contribution is -2.59. The van der Waals surface area contributed by atoms with Crippen LogP contribution in [0.25, 0.3) is 0 Å². The molecule has 0 aromatic rings. The molecule has 1 saturated heterocycles. The first-order valence-corrected chi connectivity index (χ1v) is 11.8. The van der Waals surface area contributed by atoms with E-state index >= 15 is 0 Å². The van der Waals surface area contributed by atoms with Gasteiger partial charge in [0.05, 0.1) is 20.5 Å². The normalized spacial score (nSPS) is 21.1. The summed E-state index contributed by atoms with van der Waals surface area (Å²) in [6, 6.07) is 0. The monoisotopic (exact) mass is 413 g/mol. The molecule has 0 bridgehead atoms. The molecule has 0 saturated carbocycles. The van der Waals surface area contributed by atoms with Gasteiger partial charge in [-0.1, -0.05) is 71.1 Å². The maximum Gasteiger partial charge on any atom is 0.306 e. The summed E-state index contributed by atoms with van der Waals surface area (Å²) in [4.78, 5) is 23.1. The van der Waals surface area contributed by atoms with E-state index in [2.05, 4.69) is 26.3 Å². The number of aliphatic carboxylic acids is 1. The summed E-state index contributed by atoms with van der Waals surface area (Å²) in [7, 11) is 4.16. The highest BCUT2D eigenvalue weighted by molar-refractivity contribution is 5.75. The number of hydrogen-bond acceptors (Lipinski definition) is 3. The number of hydrogen-bond donors (Lipinski definition) is 2. The summed E-state index contributed by atoms with van der Waals surface area (Å²) >= 11 is 0. The number of carboxylic acid groups (broad SMARTS) is 1. The second-order valence-corrected chi connectivity index (χ2v) is 9.37. The highest BCUT2D eigenvalue weighted by Crippen LogP contribution is 2.18. The number of amides is 1. The van der Waals surface area contributed by atoms with Crippen molar-refractivity contribution >= 4 is 11.9 Å². The Bertz CT molecular complexity index is 468. The Morgan fingerprint density at radius 2 is 1.41 bits per heavy atom. The first-order valence-electron chi connectivity index (χ1n) is 11.8. The number of carboxylic acids is 1. The minimum Gasteiger partial charge on any atom is -0.481 e. The largest absolute Gasteiger partial charge is 0.481 e. The van der Waals surface area contributed by atoms with Gasteiger partial charge in [0, 0.05) is 13.0 Å². The highest BCUT2D eigenvalue weighted by atomic mass is 16.5. The van der Waals surface area contributed by atoms with Gasteiger partial charge in [-0.25, -0.2) is 0 Å². The standard InChI is InChI=1S/C23H44N2O4/c1-4-5-6-7-8-9-10-11-12-13-14-15-22(26)24-17-21-19-25(2,3)18-20(29-21)16-23(27)28/h20-21H,4-19H2,1-3H3,(H-,24,26,27,28)/p+1/t20-,21-/m1/s1. The second kappa shape index (κ2) is 14.8. The van der Waals surface area contributed by atoms with E-state index in [1.807, 2.05) is 0 Å². The van der Waals surface area contributed by atoms with Crippen molar-refractivity contribution < 1.29 is 23.9 Å². The van der Waals surface area contributed by atoms with Gasteiger partial charge in [-0.3, -0.25) is 9.59 Å². The number of morpholine rings is 1. The third-order valence-electron chi connectivity index (χ3n) is 5.72. The SMILES string of the molecule is CCCCCCCCCCCCCC(=O)NC[C@@H]1C[N+](C)(C)C[C@@H](CC(=O)O)O1. The van der Waals surface area contributed by atoms with Crippen LogP contribution in [0.15, 0.2) is 0 Å². The Balaban J connectivity index is 2.05. The van der Waals surface area contributed by atoms with Gasteiger partial charge in [0.1, 0.15) is 25.3 Å². The molecular formula is C23H45N2O4+. The van der Waals surface area contributed by atoms with Gasteiger partial charge in [-0.05, 0) is 6.42 Å². The third-order valence-corrected chi connectivity index (χ3v) is 5.72. The van der Waals surface area contributed by atoms with Crippen LogP contribution in [0.4, 0.5) is 0 Å². The number of nitrogens with zero attached hydrogens (tertiary/aromatic N) is 1. The molecule has 29 heavy (non-hydrogen) atoms. The molecule has 1 amide bonds. The first kappa shape index (κ1) is 25.9. The van der Waals surface area contributed by atoms with Crippen molar-refractivity contribution in [3.05, 3.63) is 0 Å². The van der Waals surface area contributed by atoms with Gasteiger partial charge < -0.3 is 19.6 Å². The van der Waals surface area contributed by atoms with E-state index in [0.717, 1.165) is 23.9 Å². The van der Waals surface area contributed by atoms with Crippen LogP contribution in [0.5, 0.6) is 0 Å². The van der Waals surface area contributed by atoms with Crippen LogP contribution in [0, 0.1) is 0 Å². The van der Waals surface area contributed by atoms with Crippen LogP contribution in [0.3, 0.4) is 0 Å². The molecule has 0 aromatic carbocycles. The van der Waals surface area contributed by atoms with Crippen molar-refractivity contribution in [1.82, 2.24) is 5.32 Å². The number of ether oxygens (including phenoxy) is 1. The van der Waals surface area contributed by atoms with Gasteiger partial charge in [0.25, 0.3) is 0 Å². The number of likely N-dealkylation sites (N-methyl/N-ethyl adjacent to an activating group) is 1. The average Bonchev–Trinajstić information content (AvgIpc) is 2.62. The molecule has 0 aromatic heterocycles. The summed E-state index contributed by atoms with van der Waals surface area (Å²) < 4.78 is 6.60. The molecule has 2 atom stereocenters. The fourth-order valence-electron chi connectivity index (χ4n) is 4.22. The average molecular weight is 414 g/mol. The van der Waals surface area contributed by atoms with Crippen molar-refractivity contribution in [2.24, 2.45) is 0 Å². The van der Waals surface area contributed by atoms with Crippen LogP contribution in [-0.2, 0) is 14.3 Å². The predicted octanol–water partition coefficient (Wildman–Crippen LogP) is 4.12. The van der Waals surface area contributed by atoms with E-state index in [1.54, 1.807) is 0 Å². The fraction of sp³-hybridized carbons (Fsp3) is 0.913. The number of quaternary nitrogens is 1. The Hall–Kier alpha value is -1.14. The molecule has 0 spiro atoms. The van der Waals surface area contributed by atoms with E-state index in [0.29, 0.717) is 19.5 Å². The van der Waals surface area contributed by atoms with Crippen LogP contribution >= 0.6 is 0 Å². The lowest BCUT2D eigenvalue weighted by molar-refractivity contribution is -0.905. The van der Waals surface area contributed by atoms with Gasteiger partial charge in [0.2, 0.25) is 5.91 Å². The summed E-state index contributed by atoms with van der Waals surface area (Å²) in [6.45, 7) is 4.20. The zero-order valence-corrected chi connectivity index (χ0v) is 19.1. The third kappa shape index (κ3) is 13.7. The Kier molecular flexibility index (Phi) is 13.2. The van der Waals surface area contributed by atoms with Gasteiger partial charge in [0.15, 0.2) is 0 Å². The van der Waals surface area contributed by atoms with E-state index in [-0.39, 0.29) is 24.5 Å². The van der Waals surface area contributed by atoms with Gasteiger partial charge >= 0.3 is 5.97 Å². The minimum atomic E-state index is -0.837. The smallest absolute Gasteiger partial charge is 0.306 e. The number of carbonyl (C=O) groups is 2. The van der Waals surface area contributed by atoms with E-state index in [1.165, 1.54) is 57.8 Å². The molecule has 1 fully saturated rings. The quantitative estimate of drug-likeness (QED) is 0.295. The summed E-state index contributed by atoms with van der Waals surface area (Å²) in [5, 5.41) is 12.0. The number of nitrogens with one attached hydrogen (secondary N) is 1. The zero-order valence-electron chi connectivity index (χ0n) is 19.1. The molecule has 1 aliphatic heterocycles. The molecule has 0 radical (unpaired) electrons. The highest BCUT2D eigenvalue weighted by Gasteiger charge is 2.35. The van der Waals surface area contributed by atoms with Crippen LogP contribution in [0.2, 0.25) is 0 Å². The van der Waals surface area contributed by atoms with E-state index in [4.69, 9.17) is 9.84 Å². The van der Waals surface area contributed by atoms with Crippen molar-refractivity contribution in [2.45, 2.75) is 103 Å². The van der Waals surface area contributed by atoms with Crippen molar-refractivity contribution in [1.29, 1.82) is 0 Å². The zero-order chi connectivity index (χ0) is 21.5. The first-order chi connectivity index (χ1) is 13.8. The molecular weight excluding hydrogens is 368 g/mol. The number of carbonyl (C=O) groups excluding carboxylic acids is 1. The number of unbranched alkanes of at least 4 members (excludes halogenated alkanes) is 10.